The summed E-state index contributed by atoms with van der Waals surface area (Å²) >= 11 is 8.29. The van der Waals surface area contributed by atoms with Crippen molar-refractivity contribution in [1.29, 1.82) is 0 Å². The van der Waals surface area contributed by atoms with Crippen molar-refractivity contribution in [2.45, 2.75) is 44.0 Å². The summed E-state index contributed by atoms with van der Waals surface area (Å²) in [4.78, 5) is 1.28. The lowest BCUT2D eigenvalue weighted by Gasteiger charge is -2.14. The fourth-order valence-electron chi connectivity index (χ4n) is 2.49. The first-order chi connectivity index (χ1) is 8.81. The second-order valence-electron chi connectivity index (χ2n) is 4.97. The molecule has 0 bridgehead atoms. The van der Waals surface area contributed by atoms with Gasteiger partial charge in [-0.1, -0.05) is 43.5 Å². The molecule has 18 heavy (non-hydrogen) atoms. The molecule has 1 aromatic carbocycles. The monoisotopic (exact) mass is 283 g/mol. The third kappa shape index (κ3) is 3.91. The molecule has 2 rings (SSSR count). The Morgan fingerprint density at radius 2 is 2.11 bits per heavy atom. The van der Waals surface area contributed by atoms with Crippen LogP contribution >= 0.6 is 23.4 Å². The third-order valence-electron chi connectivity index (χ3n) is 3.55. The summed E-state index contributed by atoms with van der Waals surface area (Å²) in [7, 11) is 0. The van der Waals surface area contributed by atoms with Crippen molar-refractivity contribution in [3.63, 3.8) is 0 Å². The molecule has 100 valence electrons. The van der Waals surface area contributed by atoms with E-state index in [1.54, 1.807) is 0 Å². The van der Waals surface area contributed by atoms with Gasteiger partial charge in [0.15, 0.2) is 0 Å². The molecule has 0 heterocycles. The molecule has 3 heteroatoms. The van der Waals surface area contributed by atoms with E-state index in [1.165, 1.54) is 41.9 Å². The van der Waals surface area contributed by atoms with E-state index >= 15 is 0 Å². The normalized spacial score (nSPS) is 16.3. The highest BCUT2D eigenvalue weighted by Gasteiger charge is 2.16. The van der Waals surface area contributed by atoms with E-state index < -0.39 is 0 Å². The van der Waals surface area contributed by atoms with Crippen LogP contribution in [0.2, 0.25) is 5.02 Å². The molecule has 1 aromatic rings. The molecule has 1 aliphatic rings. The van der Waals surface area contributed by atoms with Crippen LogP contribution in [0.5, 0.6) is 0 Å². The smallest absolute Gasteiger partial charge is 0.0545 e. The molecule has 0 atom stereocenters. The average molecular weight is 284 g/mol. The zero-order valence-electron chi connectivity index (χ0n) is 11.0. The van der Waals surface area contributed by atoms with Crippen LogP contribution in [-0.2, 0) is 6.54 Å². The van der Waals surface area contributed by atoms with Gasteiger partial charge in [-0.3, -0.25) is 0 Å². The predicted octanol–water partition coefficient (Wildman–Crippen LogP) is 4.73. The Labute approximate surface area is 120 Å². The second-order valence-corrected chi connectivity index (χ2v) is 6.41. The van der Waals surface area contributed by atoms with Gasteiger partial charge in [0.1, 0.15) is 0 Å². The van der Waals surface area contributed by atoms with Crippen molar-refractivity contribution < 1.29 is 0 Å². The van der Waals surface area contributed by atoms with Crippen LogP contribution in [0.15, 0.2) is 23.1 Å². The van der Waals surface area contributed by atoms with Gasteiger partial charge < -0.3 is 5.32 Å². The minimum absolute atomic E-state index is 0.901. The first-order valence-electron chi connectivity index (χ1n) is 6.92. The number of benzene rings is 1. The summed E-state index contributed by atoms with van der Waals surface area (Å²) in [5.74, 6) is 2.13. The van der Waals surface area contributed by atoms with Gasteiger partial charge in [0.05, 0.1) is 5.02 Å². The van der Waals surface area contributed by atoms with Gasteiger partial charge in [0.25, 0.3) is 0 Å². The Hall–Kier alpha value is -0.180. The molecule has 1 aliphatic carbocycles. The maximum atomic E-state index is 6.35. The van der Waals surface area contributed by atoms with Crippen LogP contribution in [-0.4, -0.2) is 12.3 Å². The van der Waals surface area contributed by atoms with Crippen molar-refractivity contribution >= 4 is 23.4 Å². The molecule has 1 N–H and O–H groups in total. The Balaban J connectivity index is 1.99. The van der Waals surface area contributed by atoms with Gasteiger partial charge in [0, 0.05) is 17.2 Å². The van der Waals surface area contributed by atoms with Crippen molar-refractivity contribution in [1.82, 2.24) is 5.32 Å². The number of hydrogen-bond donors (Lipinski definition) is 1. The molecule has 0 aliphatic heterocycles. The van der Waals surface area contributed by atoms with Crippen molar-refractivity contribution in [3.05, 3.63) is 28.8 Å². The van der Waals surface area contributed by atoms with E-state index in [2.05, 4.69) is 24.4 Å². The summed E-state index contributed by atoms with van der Waals surface area (Å²) in [6, 6.07) is 6.24. The van der Waals surface area contributed by atoms with Crippen LogP contribution in [0.1, 0.15) is 38.2 Å². The minimum Gasteiger partial charge on any atom is -0.313 e. The summed E-state index contributed by atoms with van der Waals surface area (Å²) in [5.41, 5.74) is 1.34. The van der Waals surface area contributed by atoms with Gasteiger partial charge in [-0.25, -0.2) is 0 Å². The first kappa shape index (κ1) is 14.2. The quantitative estimate of drug-likeness (QED) is 0.758. The number of halogens is 1. The zero-order chi connectivity index (χ0) is 12.8. The number of thioether (sulfide) groups is 1. The molecule has 0 aromatic heterocycles. The molecule has 1 nitrogen and oxygen atoms in total. The maximum Gasteiger partial charge on any atom is 0.0545 e. The van der Waals surface area contributed by atoms with Gasteiger partial charge in [0.2, 0.25) is 0 Å². The molecule has 1 fully saturated rings. The summed E-state index contributed by atoms with van der Waals surface area (Å²) < 4.78 is 0. The molecule has 0 amide bonds. The van der Waals surface area contributed by atoms with E-state index in [4.69, 9.17) is 11.6 Å². The molecular formula is C15H22ClNS. The zero-order valence-corrected chi connectivity index (χ0v) is 12.6. The Kier molecular flexibility index (Phi) is 5.87. The maximum absolute atomic E-state index is 6.35. The lowest BCUT2D eigenvalue weighted by molar-refractivity contribution is 0.623. The van der Waals surface area contributed by atoms with E-state index in [0.29, 0.717) is 0 Å². The highest BCUT2D eigenvalue weighted by Crippen LogP contribution is 2.35. The standard InChI is InChI=1S/C15H22ClNS/c1-2-17-10-13-8-5-9-14(16)15(13)18-11-12-6-3-4-7-12/h5,8-9,12,17H,2-4,6-7,10-11H2,1H3. The van der Waals surface area contributed by atoms with E-state index in [-0.39, 0.29) is 0 Å². The average Bonchev–Trinajstić information content (AvgIpc) is 2.88. The van der Waals surface area contributed by atoms with Crippen LogP contribution < -0.4 is 5.32 Å². The first-order valence-corrected chi connectivity index (χ1v) is 8.28. The molecule has 0 unspecified atom stereocenters. The fraction of sp³-hybridized carbons (Fsp3) is 0.600. The number of hydrogen-bond acceptors (Lipinski definition) is 2. The highest BCUT2D eigenvalue weighted by molar-refractivity contribution is 7.99. The lowest BCUT2D eigenvalue weighted by Crippen LogP contribution is -2.12. The van der Waals surface area contributed by atoms with Crippen molar-refractivity contribution in [2.24, 2.45) is 5.92 Å². The van der Waals surface area contributed by atoms with Gasteiger partial charge in [-0.2, -0.15) is 0 Å². The summed E-state index contributed by atoms with van der Waals surface area (Å²) in [6.07, 6.45) is 5.63. The van der Waals surface area contributed by atoms with E-state index in [9.17, 15) is 0 Å². The Morgan fingerprint density at radius 3 is 2.83 bits per heavy atom. The van der Waals surface area contributed by atoms with Gasteiger partial charge in [-0.05, 0) is 36.9 Å². The van der Waals surface area contributed by atoms with Crippen LogP contribution in [0.25, 0.3) is 0 Å². The number of rotatable bonds is 6. The molecular weight excluding hydrogens is 262 g/mol. The largest absolute Gasteiger partial charge is 0.313 e. The topological polar surface area (TPSA) is 12.0 Å². The minimum atomic E-state index is 0.901. The van der Waals surface area contributed by atoms with Gasteiger partial charge in [-0.15, -0.1) is 11.8 Å². The molecule has 0 radical (unpaired) electrons. The lowest BCUT2D eigenvalue weighted by atomic mass is 10.1. The summed E-state index contributed by atoms with van der Waals surface area (Å²) in [5, 5.41) is 4.30. The third-order valence-corrected chi connectivity index (χ3v) is 5.39. The fourth-order valence-corrected chi connectivity index (χ4v) is 4.12. The highest BCUT2D eigenvalue weighted by atomic mass is 35.5. The Bertz CT molecular complexity index is 375. The molecule has 1 saturated carbocycles. The summed E-state index contributed by atoms with van der Waals surface area (Å²) in [6.45, 7) is 4.05. The van der Waals surface area contributed by atoms with Crippen molar-refractivity contribution in [2.75, 3.05) is 12.3 Å². The van der Waals surface area contributed by atoms with Crippen LogP contribution in [0.3, 0.4) is 0 Å². The van der Waals surface area contributed by atoms with Crippen molar-refractivity contribution in [3.8, 4) is 0 Å². The van der Waals surface area contributed by atoms with Crippen LogP contribution in [0.4, 0.5) is 0 Å². The molecule has 0 saturated heterocycles. The van der Waals surface area contributed by atoms with Crippen LogP contribution in [0, 0.1) is 5.92 Å². The number of nitrogens with one attached hydrogen (secondary N) is 1. The second kappa shape index (κ2) is 7.42. The van der Waals surface area contributed by atoms with E-state index in [1.807, 2.05) is 17.8 Å². The Morgan fingerprint density at radius 1 is 1.33 bits per heavy atom. The SMILES string of the molecule is CCNCc1cccc(Cl)c1SCC1CCCC1. The molecule has 0 spiro atoms. The predicted molar refractivity (Wildman–Crippen MR) is 81.5 cm³/mol. The van der Waals surface area contributed by atoms with Gasteiger partial charge >= 0.3 is 0 Å². The van der Waals surface area contributed by atoms with E-state index in [0.717, 1.165) is 24.0 Å².